The smallest absolute Gasteiger partial charge is 0.277 e. The lowest BCUT2D eigenvalue weighted by atomic mass is 10.1. The van der Waals surface area contributed by atoms with Crippen LogP contribution in [0.2, 0.25) is 0 Å². The Bertz CT molecular complexity index is 683. The molecule has 1 amide bonds. The van der Waals surface area contributed by atoms with Crippen molar-refractivity contribution >= 4 is 5.91 Å². The molecule has 3 N–H and O–H groups in total. The quantitative estimate of drug-likeness (QED) is 0.851. The maximum atomic E-state index is 13.1. The van der Waals surface area contributed by atoms with E-state index >= 15 is 0 Å². The zero-order valence-corrected chi connectivity index (χ0v) is 13.1. The third-order valence-electron chi connectivity index (χ3n) is 3.62. The molecule has 0 fully saturated rings. The molecule has 2 aromatic rings. The normalized spacial score (nSPS) is 11.5. The Kier molecular flexibility index (Phi) is 5.10. The number of para-hydroxylation sites is 1. The fourth-order valence-corrected chi connectivity index (χ4v) is 2.27. The Morgan fingerprint density at radius 1 is 1.30 bits per heavy atom. The number of nitrogens with zero attached hydrogens (tertiary/aromatic N) is 2. The highest BCUT2D eigenvalue weighted by Crippen LogP contribution is 2.18. The van der Waals surface area contributed by atoms with E-state index in [0.29, 0.717) is 5.69 Å². The van der Waals surface area contributed by atoms with Crippen LogP contribution in [0.15, 0.2) is 30.3 Å². The number of aromatic nitrogens is 2. The number of rotatable bonds is 6. The summed E-state index contributed by atoms with van der Waals surface area (Å²) in [5.41, 5.74) is 8.08. The lowest BCUT2D eigenvalue weighted by molar-refractivity contribution is -0.122. The highest BCUT2D eigenvalue weighted by Gasteiger charge is 2.27. The van der Waals surface area contributed by atoms with Crippen molar-refractivity contribution in [1.29, 1.82) is 0 Å². The van der Waals surface area contributed by atoms with Gasteiger partial charge in [-0.3, -0.25) is 4.79 Å². The molecule has 1 aromatic carbocycles. The van der Waals surface area contributed by atoms with Gasteiger partial charge in [-0.05, 0) is 26.0 Å². The molecule has 0 aliphatic carbocycles. The lowest BCUT2D eigenvalue weighted by Crippen LogP contribution is -2.42. The van der Waals surface area contributed by atoms with E-state index in [1.54, 1.807) is 11.6 Å². The number of hydrogen-bond acceptors (Lipinski definition) is 3. The fourth-order valence-electron chi connectivity index (χ4n) is 2.27. The summed E-state index contributed by atoms with van der Waals surface area (Å²) in [5.74, 6) is -3.56. The van der Waals surface area contributed by atoms with Crippen molar-refractivity contribution in [1.82, 2.24) is 15.1 Å². The first kappa shape index (κ1) is 17.1. The number of halogens is 2. The molecular formula is C16H20F2N4O. The van der Waals surface area contributed by atoms with Gasteiger partial charge >= 0.3 is 0 Å². The van der Waals surface area contributed by atoms with Gasteiger partial charge in [-0.1, -0.05) is 18.2 Å². The van der Waals surface area contributed by atoms with Gasteiger partial charge in [-0.15, -0.1) is 0 Å². The molecule has 2 rings (SSSR count). The maximum absolute atomic E-state index is 13.1. The average molecular weight is 322 g/mol. The minimum atomic E-state index is -3.09. The first-order valence-corrected chi connectivity index (χ1v) is 7.29. The summed E-state index contributed by atoms with van der Waals surface area (Å²) in [7, 11) is 0. The van der Waals surface area contributed by atoms with E-state index in [9.17, 15) is 13.6 Å². The molecule has 0 saturated carbocycles. The molecular weight excluding hydrogens is 302 g/mol. The zero-order valence-electron chi connectivity index (χ0n) is 13.1. The lowest BCUT2D eigenvalue weighted by Gasteiger charge is -2.14. The maximum Gasteiger partial charge on any atom is 0.277 e. The Hall–Kier alpha value is -2.28. The fraction of sp³-hybridized carbons (Fsp3) is 0.375. The predicted molar refractivity (Wildman–Crippen MR) is 83.8 cm³/mol. The van der Waals surface area contributed by atoms with Gasteiger partial charge in [0.1, 0.15) is 0 Å². The van der Waals surface area contributed by atoms with E-state index in [0.717, 1.165) is 16.9 Å². The van der Waals surface area contributed by atoms with E-state index in [1.165, 1.54) is 0 Å². The molecule has 23 heavy (non-hydrogen) atoms. The summed E-state index contributed by atoms with van der Waals surface area (Å²) in [6.45, 7) is 2.10. The van der Waals surface area contributed by atoms with Crippen molar-refractivity contribution < 1.29 is 13.6 Å². The van der Waals surface area contributed by atoms with Crippen LogP contribution < -0.4 is 11.1 Å². The summed E-state index contributed by atoms with van der Waals surface area (Å²) in [6, 6.07) is 9.51. The van der Waals surface area contributed by atoms with Gasteiger partial charge < -0.3 is 11.1 Å². The minimum absolute atomic E-state index is 0.00511. The van der Waals surface area contributed by atoms with Crippen LogP contribution in [0.1, 0.15) is 17.0 Å². The van der Waals surface area contributed by atoms with Crippen LogP contribution in [0, 0.1) is 13.8 Å². The molecule has 0 bridgehead atoms. The standard InChI is InChI=1S/C16H20F2N4O/c1-11-14(8-15(23)20-10-16(17,18)9-19)12(2)22(21-11)13-6-4-3-5-7-13/h3-7H,8-10,19H2,1-2H3,(H,20,23). The molecule has 124 valence electrons. The molecule has 1 aromatic heterocycles. The summed E-state index contributed by atoms with van der Waals surface area (Å²) < 4.78 is 27.9. The molecule has 0 aliphatic rings. The molecule has 0 unspecified atom stereocenters. The Labute approximate surface area is 133 Å². The second kappa shape index (κ2) is 6.87. The van der Waals surface area contributed by atoms with Crippen LogP contribution in [0.4, 0.5) is 8.78 Å². The van der Waals surface area contributed by atoms with Gasteiger partial charge in [0.2, 0.25) is 5.91 Å². The monoisotopic (exact) mass is 322 g/mol. The van der Waals surface area contributed by atoms with Gasteiger partial charge in [0.25, 0.3) is 5.92 Å². The number of nitrogens with one attached hydrogen (secondary N) is 1. The molecule has 0 radical (unpaired) electrons. The summed E-state index contributed by atoms with van der Waals surface area (Å²) in [4.78, 5) is 11.9. The zero-order chi connectivity index (χ0) is 17.0. The topological polar surface area (TPSA) is 72.9 Å². The van der Waals surface area contributed by atoms with Gasteiger partial charge in [-0.25, -0.2) is 13.5 Å². The van der Waals surface area contributed by atoms with Gasteiger partial charge in [0, 0.05) is 11.3 Å². The van der Waals surface area contributed by atoms with E-state index < -0.39 is 24.9 Å². The third kappa shape index (κ3) is 4.13. The van der Waals surface area contributed by atoms with Crippen molar-refractivity contribution in [3.05, 3.63) is 47.3 Å². The predicted octanol–water partition coefficient (Wildman–Crippen LogP) is 1.74. The SMILES string of the molecule is Cc1nn(-c2ccccc2)c(C)c1CC(=O)NCC(F)(F)CN. The molecule has 1 heterocycles. The molecule has 5 nitrogen and oxygen atoms in total. The molecule has 0 spiro atoms. The summed E-state index contributed by atoms with van der Waals surface area (Å²) in [5, 5.41) is 6.65. The number of alkyl halides is 2. The van der Waals surface area contributed by atoms with Crippen LogP contribution in [0.3, 0.4) is 0 Å². The van der Waals surface area contributed by atoms with Crippen molar-refractivity contribution in [2.75, 3.05) is 13.1 Å². The Balaban J connectivity index is 2.12. The van der Waals surface area contributed by atoms with Crippen molar-refractivity contribution in [3.63, 3.8) is 0 Å². The molecule has 0 aliphatic heterocycles. The number of amides is 1. The first-order chi connectivity index (χ1) is 10.8. The number of aryl methyl sites for hydroxylation is 1. The van der Waals surface area contributed by atoms with Crippen LogP contribution in [0.5, 0.6) is 0 Å². The Morgan fingerprint density at radius 2 is 1.96 bits per heavy atom. The van der Waals surface area contributed by atoms with E-state index in [2.05, 4.69) is 10.4 Å². The number of benzene rings is 1. The second-order valence-corrected chi connectivity index (χ2v) is 5.41. The van der Waals surface area contributed by atoms with Crippen molar-refractivity contribution in [3.8, 4) is 5.69 Å². The molecule has 7 heteroatoms. The Morgan fingerprint density at radius 3 is 2.57 bits per heavy atom. The van der Waals surface area contributed by atoms with Gasteiger partial charge in [-0.2, -0.15) is 5.10 Å². The summed E-state index contributed by atoms with van der Waals surface area (Å²) in [6.07, 6.45) is 0.00511. The summed E-state index contributed by atoms with van der Waals surface area (Å²) >= 11 is 0. The second-order valence-electron chi connectivity index (χ2n) is 5.41. The van der Waals surface area contributed by atoms with E-state index in [1.807, 2.05) is 37.3 Å². The number of nitrogens with two attached hydrogens (primary N) is 1. The average Bonchev–Trinajstić information content (AvgIpc) is 2.82. The largest absolute Gasteiger partial charge is 0.350 e. The number of carbonyl (C=O) groups excluding carboxylic acids is 1. The highest BCUT2D eigenvalue weighted by molar-refractivity contribution is 5.79. The molecule has 0 saturated heterocycles. The van der Waals surface area contributed by atoms with E-state index in [-0.39, 0.29) is 6.42 Å². The van der Waals surface area contributed by atoms with Crippen LogP contribution in [-0.2, 0) is 11.2 Å². The first-order valence-electron chi connectivity index (χ1n) is 7.29. The third-order valence-corrected chi connectivity index (χ3v) is 3.62. The van der Waals surface area contributed by atoms with Crippen molar-refractivity contribution in [2.24, 2.45) is 5.73 Å². The minimum Gasteiger partial charge on any atom is -0.350 e. The van der Waals surface area contributed by atoms with Crippen LogP contribution in [-0.4, -0.2) is 34.7 Å². The van der Waals surface area contributed by atoms with Gasteiger partial charge in [0.15, 0.2) is 0 Å². The van der Waals surface area contributed by atoms with Crippen molar-refractivity contribution in [2.45, 2.75) is 26.2 Å². The number of carbonyl (C=O) groups is 1. The number of hydrogen-bond donors (Lipinski definition) is 2. The molecule has 0 atom stereocenters. The van der Waals surface area contributed by atoms with Gasteiger partial charge in [0.05, 0.1) is 30.9 Å². The highest BCUT2D eigenvalue weighted by atomic mass is 19.3. The van der Waals surface area contributed by atoms with Crippen LogP contribution in [0.25, 0.3) is 5.69 Å². The van der Waals surface area contributed by atoms with Crippen LogP contribution >= 0.6 is 0 Å². The van der Waals surface area contributed by atoms with E-state index in [4.69, 9.17) is 5.73 Å².